The van der Waals surface area contributed by atoms with Crippen LogP contribution in [0.4, 0.5) is 4.79 Å². The molecule has 0 aromatic heterocycles. The molecule has 0 unspecified atom stereocenters. The van der Waals surface area contributed by atoms with Crippen molar-refractivity contribution < 1.29 is 28.7 Å². The molecule has 1 atom stereocenters. The highest BCUT2D eigenvalue weighted by Crippen LogP contribution is 2.31. The predicted octanol–water partition coefficient (Wildman–Crippen LogP) is 0.0405. The van der Waals surface area contributed by atoms with E-state index in [0.717, 1.165) is 0 Å². The molecule has 2 aliphatic heterocycles. The molecule has 154 valence electrons. The van der Waals surface area contributed by atoms with Gasteiger partial charge in [0.15, 0.2) is 6.61 Å². The van der Waals surface area contributed by atoms with Crippen LogP contribution in [0.1, 0.15) is 31.7 Å². The molecule has 29 heavy (non-hydrogen) atoms. The molecule has 2 saturated heterocycles. The minimum absolute atomic E-state index is 0.137. The van der Waals surface area contributed by atoms with Crippen molar-refractivity contribution >= 4 is 29.7 Å². The molecular formula is C19H22N4O6. The average Bonchev–Trinajstić information content (AvgIpc) is 3.23. The highest BCUT2D eigenvalue weighted by Gasteiger charge is 2.52. The maximum absolute atomic E-state index is 12.9. The number of imide groups is 1. The van der Waals surface area contributed by atoms with E-state index in [2.05, 4.69) is 10.7 Å². The molecule has 5 amide bonds. The fraction of sp³-hybridized carbons (Fsp3) is 0.421. The van der Waals surface area contributed by atoms with Crippen LogP contribution < -0.4 is 10.7 Å². The third-order valence-corrected chi connectivity index (χ3v) is 4.98. The Hall–Kier alpha value is -3.43. The molecule has 2 fully saturated rings. The summed E-state index contributed by atoms with van der Waals surface area (Å²) in [6.07, 6.45) is 1.35. The highest BCUT2D eigenvalue weighted by atomic mass is 16.5. The van der Waals surface area contributed by atoms with Crippen LogP contribution in [0.15, 0.2) is 30.3 Å². The summed E-state index contributed by atoms with van der Waals surface area (Å²) in [5.41, 5.74) is 1.49. The molecule has 0 spiro atoms. The van der Waals surface area contributed by atoms with Crippen molar-refractivity contribution in [3.05, 3.63) is 35.9 Å². The number of nitrogens with zero attached hydrogens (tertiary/aromatic N) is 2. The number of rotatable bonds is 7. The minimum atomic E-state index is -1.28. The van der Waals surface area contributed by atoms with E-state index in [-0.39, 0.29) is 18.9 Å². The number of carbonyl (C=O) groups excluding carboxylic acids is 5. The number of hydrazine groups is 1. The molecule has 2 aliphatic rings. The van der Waals surface area contributed by atoms with E-state index in [9.17, 15) is 24.0 Å². The number of esters is 1. The molecule has 10 nitrogen and oxygen atoms in total. The zero-order valence-corrected chi connectivity index (χ0v) is 16.0. The fourth-order valence-electron chi connectivity index (χ4n) is 3.41. The van der Waals surface area contributed by atoms with Gasteiger partial charge in [-0.15, -0.1) is 0 Å². The molecule has 0 saturated carbocycles. The maximum Gasteiger partial charge on any atom is 0.344 e. The average molecular weight is 402 g/mol. The van der Waals surface area contributed by atoms with Crippen molar-refractivity contribution in [3.8, 4) is 0 Å². The van der Waals surface area contributed by atoms with Crippen LogP contribution >= 0.6 is 0 Å². The Kier molecular flexibility index (Phi) is 5.81. The normalized spacial score (nSPS) is 21.3. The first-order valence-corrected chi connectivity index (χ1v) is 9.32. The number of hydrogen-bond donors (Lipinski definition) is 2. The van der Waals surface area contributed by atoms with Crippen molar-refractivity contribution in [3.63, 3.8) is 0 Å². The van der Waals surface area contributed by atoms with Gasteiger partial charge in [-0.2, -0.15) is 5.01 Å². The van der Waals surface area contributed by atoms with Gasteiger partial charge in [-0.1, -0.05) is 37.3 Å². The van der Waals surface area contributed by atoms with Gasteiger partial charge in [-0.25, -0.2) is 4.79 Å². The second-order valence-corrected chi connectivity index (χ2v) is 6.81. The Labute approximate surface area is 167 Å². The van der Waals surface area contributed by atoms with E-state index in [1.54, 1.807) is 37.3 Å². The summed E-state index contributed by atoms with van der Waals surface area (Å²) in [5.74, 6) is -2.34. The molecular weight excluding hydrogens is 380 g/mol. The number of benzene rings is 1. The molecule has 10 heteroatoms. The lowest BCUT2D eigenvalue weighted by atomic mass is 9.87. The van der Waals surface area contributed by atoms with E-state index in [4.69, 9.17) is 4.74 Å². The van der Waals surface area contributed by atoms with Crippen LogP contribution in [0.25, 0.3) is 0 Å². The Morgan fingerprint density at radius 1 is 1.21 bits per heavy atom. The summed E-state index contributed by atoms with van der Waals surface area (Å²) < 4.78 is 4.84. The molecule has 1 aromatic carbocycles. The fourth-order valence-corrected chi connectivity index (χ4v) is 3.41. The lowest BCUT2D eigenvalue weighted by molar-refractivity contribution is -0.153. The van der Waals surface area contributed by atoms with E-state index in [0.29, 0.717) is 30.0 Å². The third kappa shape index (κ3) is 4.05. The van der Waals surface area contributed by atoms with Gasteiger partial charge < -0.3 is 15.0 Å². The van der Waals surface area contributed by atoms with Crippen molar-refractivity contribution in [2.75, 3.05) is 19.7 Å². The number of carbonyl (C=O) groups is 5. The van der Waals surface area contributed by atoms with Crippen LogP contribution in [0, 0.1) is 0 Å². The number of urea groups is 1. The Morgan fingerprint density at radius 3 is 2.55 bits per heavy atom. The van der Waals surface area contributed by atoms with Gasteiger partial charge in [0.25, 0.3) is 11.8 Å². The van der Waals surface area contributed by atoms with E-state index in [1.807, 2.05) is 0 Å². The van der Waals surface area contributed by atoms with Crippen molar-refractivity contribution in [1.29, 1.82) is 0 Å². The molecule has 3 rings (SSSR count). The molecule has 0 aliphatic carbocycles. The van der Waals surface area contributed by atoms with Gasteiger partial charge >= 0.3 is 12.0 Å². The summed E-state index contributed by atoms with van der Waals surface area (Å²) in [4.78, 5) is 61.9. The maximum atomic E-state index is 12.9. The van der Waals surface area contributed by atoms with Crippen molar-refractivity contribution in [2.24, 2.45) is 0 Å². The van der Waals surface area contributed by atoms with Crippen molar-refractivity contribution in [2.45, 2.75) is 31.7 Å². The smallest absolute Gasteiger partial charge is 0.344 e. The monoisotopic (exact) mass is 402 g/mol. The minimum Gasteiger partial charge on any atom is -0.454 e. The highest BCUT2D eigenvalue weighted by molar-refractivity contribution is 6.08. The van der Waals surface area contributed by atoms with Crippen LogP contribution in [-0.2, 0) is 29.5 Å². The van der Waals surface area contributed by atoms with Crippen LogP contribution in [0.2, 0.25) is 0 Å². The lowest BCUT2D eigenvalue weighted by Crippen LogP contribution is -2.49. The molecule has 0 radical (unpaired) electrons. The first-order valence-electron chi connectivity index (χ1n) is 9.32. The van der Waals surface area contributed by atoms with E-state index >= 15 is 0 Å². The summed E-state index contributed by atoms with van der Waals surface area (Å²) in [5, 5.41) is 3.22. The third-order valence-electron chi connectivity index (χ3n) is 4.98. The Morgan fingerprint density at radius 2 is 1.93 bits per heavy atom. The quantitative estimate of drug-likeness (QED) is 0.490. The molecule has 1 aromatic rings. The number of amides is 5. The van der Waals surface area contributed by atoms with Gasteiger partial charge in [0.05, 0.1) is 0 Å². The lowest BCUT2D eigenvalue weighted by Gasteiger charge is -2.25. The van der Waals surface area contributed by atoms with Gasteiger partial charge in [-0.3, -0.25) is 24.6 Å². The van der Waals surface area contributed by atoms with E-state index in [1.165, 1.54) is 4.90 Å². The Balaban J connectivity index is 1.57. The van der Waals surface area contributed by atoms with Gasteiger partial charge in [0, 0.05) is 13.0 Å². The molecule has 0 bridgehead atoms. The van der Waals surface area contributed by atoms with Crippen LogP contribution in [-0.4, -0.2) is 59.3 Å². The Bertz CT molecular complexity index is 842. The summed E-state index contributed by atoms with van der Waals surface area (Å²) in [7, 11) is 0. The summed E-state index contributed by atoms with van der Waals surface area (Å²) >= 11 is 0. The largest absolute Gasteiger partial charge is 0.454 e. The first kappa shape index (κ1) is 20.3. The topological polar surface area (TPSA) is 125 Å². The standard InChI is InChI=1S/C19H22N4O6/c1-2-19(13-7-4-3-5-8-13)17(27)23(18(28)20-19)21-14(24)12-29-16(26)11-22-10-6-9-15(22)25/h3-5,7-8H,2,6,9-12H2,1H3,(H,20,28)(H,21,24)/t19-/m1/s1. The van der Waals surface area contributed by atoms with E-state index < -0.39 is 36.0 Å². The van der Waals surface area contributed by atoms with Crippen LogP contribution in [0.3, 0.4) is 0 Å². The molecule has 2 heterocycles. The zero-order valence-electron chi connectivity index (χ0n) is 16.0. The number of ether oxygens (including phenoxy) is 1. The SMILES string of the molecule is CC[C@]1(c2ccccc2)NC(=O)N(NC(=O)COC(=O)CN2CCCC2=O)C1=O. The second-order valence-electron chi connectivity index (χ2n) is 6.81. The summed E-state index contributed by atoms with van der Waals surface area (Å²) in [6, 6.07) is 7.94. The van der Waals surface area contributed by atoms with Gasteiger partial charge in [0.1, 0.15) is 12.1 Å². The number of hydrogen-bond acceptors (Lipinski definition) is 6. The van der Waals surface area contributed by atoms with Crippen LogP contribution in [0.5, 0.6) is 0 Å². The first-order chi connectivity index (χ1) is 13.9. The summed E-state index contributed by atoms with van der Waals surface area (Å²) in [6.45, 7) is 1.31. The molecule has 2 N–H and O–H groups in total. The number of likely N-dealkylation sites (tertiary alicyclic amines) is 1. The van der Waals surface area contributed by atoms with Gasteiger partial charge in [0.2, 0.25) is 5.91 Å². The zero-order chi connectivity index (χ0) is 21.0. The second kappa shape index (κ2) is 8.29. The number of nitrogens with one attached hydrogen (secondary N) is 2. The van der Waals surface area contributed by atoms with Gasteiger partial charge in [-0.05, 0) is 18.4 Å². The van der Waals surface area contributed by atoms with Crippen molar-refractivity contribution in [1.82, 2.24) is 20.7 Å². The predicted molar refractivity (Wildman–Crippen MR) is 98.7 cm³/mol.